The number of nitrogens with one attached hydrogen (secondary N) is 1. The fraction of sp³-hybridized carbons (Fsp3) is 0.143. The van der Waals surface area contributed by atoms with Crippen LogP contribution in [0.5, 0.6) is 0 Å². The van der Waals surface area contributed by atoms with Crippen LogP contribution in [-0.4, -0.2) is 0 Å². The van der Waals surface area contributed by atoms with E-state index in [2.05, 4.69) is 49.3 Å². The van der Waals surface area contributed by atoms with Gasteiger partial charge in [-0.15, -0.1) is 0 Å². The van der Waals surface area contributed by atoms with Crippen molar-refractivity contribution in [1.29, 1.82) is 0 Å². The van der Waals surface area contributed by atoms with E-state index in [9.17, 15) is 4.39 Å². The molecular weight excluding hydrogens is 361 g/mol. The van der Waals surface area contributed by atoms with Crippen molar-refractivity contribution in [3.8, 4) is 0 Å². The molecule has 0 aliphatic rings. The van der Waals surface area contributed by atoms with Crippen LogP contribution in [-0.2, 0) is 13.1 Å². The maximum absolute atomic E-state index is 12.9. The average Bonchev–Trinajstić information content (AvgIpc) is 2.32. The van der Waals surface area contributed by atoms with E-state index in [1.807, 2.05) is 12.1 Å². The Morgan fingerprint density at radius 3 is 2.56 bits per heavy atom. The first-order chi connectivity index (χ1) is 8.65. The lowest BCUT2D eigenvalue weighted by atomic mass is 10.2. The van der Waals surface area contributed by atoms with Gasteiger partial charge in [0.05, 0.1) is 0 Å². The highest BCUT2D eigenvalue weighted by Crippen LogP contribution is 2.18. The smallest absolute Gasteiger partial charge is 0.124 e. The van der Waals surface area contributed by atoms with E-state index >= 15 is 0 Å². The van der Waals surface area contributed by atoms with Crippen LogP contribution in [0.4, 0.5) is 4.39 Å². The van der Waals surface area contributed by atoms with Gasteiger partial charge in [0, 0.05) is 22.0 Å². The Kier molecular flexibility index (Phi) is 4.92. The summed E-state index contributed by atoms with van der Waals surface area (Å²) in [5, 5.41) is 3.33. The number of hydrogen-bond acceptors (Lipinski definition) is 1. The molecule has 0 saturated heterocycles. The molecule has 0 spiro atoms. The summed E-state index contributed by atoms with van der Waals surface area (Å²) in [4.78, 5) is 0. The van der Waals surface area contributed by atoms with Crippen molar-refractivity contribution >= 4 is 31.9 Å². The maximum Gasteiger partial charge on any atom is 0.124 e. The molecule has 2 rings (SSSR count). The highest BCUT2D eigenvalue weighted by molar-refractivity contribution is 9.10. The normalized spacial score (nSPS) is 10.6. The topological polar surface area (TPSA) is 12.0 Å². The second-order valence-corrected chi connectivity index (χ2v) is 5.74. The fourth-order valence-electron chi connectivity index (χ4n) is 1.65. The van der Waals surface area contributed by atoms with Crippen molar-refractivity contribution in [2.75, 3.05) is 0 Å². The van der Waals surface area contributed by atoms with Crippen molar-refractivity contribution in [3.05, 3.63) is 68.4 Å². The van der Waals surface area contributed by atoms with Gasteiger partial charge in [-0.05, 0) is 35.4 Å². The monoisotopic (exact) mass is 371 g/mol. The van der Waals surface area contributed by atoms with Gasteiger partial charge in [-0.3, -0.25) is 0 Å². The molecule has 18 heavy (non-hydrogen) atoms. The molecule has 94 valence electrons. The van der Waals surface area contributed by atoms with Gasteiger partial charge >= 0.3 is 0 Å². The molecule has 0 aliphatic heterocycles. The largest absolute Gasteiger partial charge is 0.309 e. The number of hydrogen-bond donors (Lipinski definition) is 1. The summed E-state index contributed by atoms with van der Waals surface area (Å²) >= 11 is 6.80. The Bertz CT molecular complexity index is 543. The summed E-state index contributed by atoms with van der Waals surface area (Å²) in [5.74, 6) is -0.224. The van der Waals surface area contributed by atoms with E-state index in [1.54, 1.807) is 6.07 Å². The lowest BCUT2D eigenvalue weighted by molar-refractivity contribution is 0.623. The molecule has 0 unspecified atom stereocenters. The van der Waals surface area contributed by atoms with Gasteiger partial charge in [0.1, 0.15) is 5.82 Å². The van der Waals surface area contributed by atoms with E-state index in [0.29, 0.717) is 6.54 Å². The Hall–Kier alpha value is -0.710. The quantitative estimate of drug-likeness (QED) is 0.824. The van der Waals surface area contributed by atoms with Crippen LogP contribution in [0.25, 0.3) is 0 Å². The molecule has 0 atom stereocenters. The van der Waals surface area contributed by atoms with E-state index in [0.717, 1.165) is 21.1 Å². The third-order valence-electron chi connectivity index (χ3n) is 2.55. The molecule has 0 radical (unpaired) electrons. The summed E-state index contributed by atoms with van der Waals surface area (Å²) in [5.41, 5.74) is 2.26. The van der Waals surface area contributed by atoms with Crippen LogP contribution < -0.4 is 5.32 Å². The molecule has 0 saturated carbocycles. The summed E-state index contributed by atoms with van der Waals surface area (Å²) in [6, 6.07) is 12.9. The Morgan fingerprint density at radius 1 is 1.00 bits per heavy atom. The van der Waals surface area contributed by atoms with Gasteiger partial charge < -0.3 is 5.32 Å². The van der Waals surface area contributed by atoms with Crippen LogP contribution >= 0.6 is 31.9 Å². The van der Waals surface area contributed by atoms with Crippen LogP contribution in [0.2, 0.25) is 0 Å². The van der Waals surface area contributed by atoms with Gasteiger partial charge in [0.25, 0.3) is 0 Å². The van der Waals surface area contributed by atoms with Gasteiger partial charge in [0.2, 0.25) is 0 Å². The van der Waals surface area contributed by atoms with Crippen LogP contribution in [0.3, 0.4) is 0 Å². The SMILES string of the molecule is Fc1ccc(CNCc2cccc(Br)c2)c(Br)c1. The first-order valence-electron chi connectivity index (χ1n) is 5.54. The van der Waals surface area contributed by atoms with Crippen molar-refractivity contribution in [3.63, 3.8) is 0 Å². The summed E-state index contributed by atoms with van der Waals surface area (Å²) < 4.78 is 14.8. The second-order valence-electron chi connectivity index (χ2n) is 3.97. The predicted octanol–water partition coefficient (Wildman–Crippen LogP) is 4.64. The maximum atomic E-state index is 12.9. The van der Waals surface area contributed by atoms with E-state index in [4.69, 9.17) is 0 Å². The molecule has 0 fully saturated rings. The lowest BCUT2D eigenvalue weighted by Gasteiger charge is -2.07. The van der Waals surface area contributed by atoms with Crippen LogP contribution in [0, 0.1) is 5.82 Å². The molecule has 0 amide bonds. The number of benzene rings is 2. The molecule has 2 aromatic rings. The van der Waals surface area contributed by atoms with Crippen LogP contribution in [0.15, 0.2) is 51.4 Å². The standard InChI is InChI=1S/C14H12Br2FN/c15-12-3-1-2-10(6-12)8-18-9-11-4-5-13(17)7-14(11)16/h1-7,18H,8-9H2. The Labute approximate surface area is 123 Å². The van der Waals surface area contributed by atoms with Gasteiger partial charge in [-0.2, -0.15) is 0 Å². The second kappa shape index (κ2) is 6.45. The highest BCUT2D eigenvalue weighted by Gasteiger charge is 2.01. The van der Waals surface area contributed by atoms with Gasteiger partial charge in [-0.25, -0.2) is 4.39 Å². The molecule has 0 bridgehead atoms. The van der Waals surface area contributed by atoms with Crippen molar-refractivity contribution < 1.29 is 4.39 Å². The van der Waals surface area contributed by atoms with E-state index < -0.39 is 0 Å². The summed E-state index contributed by atoms with van der Waals surface area (Å²) in [6.07, 6.45) is 0. The molecule has 0 aliphatic carbocycles. The fourth-order valence-corrected chi connectivity index (χ4v) is 2.59. The zero-order valence-electron chi connectivity index (χ0n) is 9.59. The minimum absolute atomic E-state index is 0.224. The molecule has 4 heteroatoms. The Balaban J connectivity index is 1.92. The summed E-state index contributed by atoms with van der Waals surface area (Å²) in [6.45, 7) is 1.48. The highest BCUT2D eigenvalue weighted by atomic mass is 79.9. The third kappa shape index (κ3) is 3.90. The molecule has 2 aromatic carbocycles. The minimum Gasteiger partial charge on any atom is -0.309 e. The lowest BCUT2D eigenvalue weighted by Crippen LogP contribution is -2.13. The number of halogens is 3. The van der Waals surface area contributed by atoms with E-state index in [-0.39, 0.29) is 5.82 Å². The molecule has 0 heterocycles. The van der Waals surface area contributed by atoms with Crippen molar-refractivity contribution in [2.24, 2.45) is 0 Å². The van der Waals surface area contributed by atoms with Gasteiger partial charge in [-0.1, -0.05) is 50.1 Å². The zero-order valence-corrected chi connectivity index (χ0v) is 12.8. The first-order valence-corrected chi connectivity index (χ1v) is 7.13. The number of rotatable bonds is 4. The van der Waals surface area contributed by atoms with Gasteiger partial charge in [0.15, 0.2) is 0 Å². The molecule has 1 nitrogen and oxygen atoms in total. The van der Waals surface area contributed by atoms with E-state index in [1.165, 1.54) is 17.7 Å². The third-order valence-corrected chi connectivity index (χ3v) is 3.78. The average molecular weight is 373 g/mol. The zero-order chi connectivity index (χ0) is 13.0. The molecule has 0 aromatic heterocycles. The molecule has 1 N–H and O–H groups in total. The van der Waals surface area contributed by atoms with Crippen molar-refractivity contribution in [2.45, 2.75) is 13.1 Å². The Morgan fingerprint density at radius 2 is 1.83 bits per heavy atom. The van der Waals surface area contributed by atoms with Crippen molar-refractivity contribution in [1.82, 2.24) is 5.32 Å². The summed E-state index contributed by atoms with van der Waals surface area (Å²) in [7, 11) is 0. The molecular formula is C14H12Br2FN. The predicted molar refractivity (Wildman–Crippen MR) is 78.8 cm³/mol. The van der Waals surface area contributed by atoms with Crippen LogP contribution in [0.1, 0.15) is 11.1 Å². The first kappa shape index (κ1) is 13.7. The minimum atomic E-state index is -0.224.